The van der Waals surface area contributed by atoms with Crippen LogP contribution in [0.5, 0.6) is 0 Å². The van der Waals surface area contributed by atoms with Gasteiger partial charge in [-0.1, -0.05) is 31.5 Å². The molecule has 0 aliphatic heterocycles. The van der Waals surface area contributed by atoms with Crippen molar-refractivity contribution in [2.75, 3.05) is 31.9 Å². The summed E-state index contributed by atoms with van der Waals surface area (Å²) in [5.41, 5.74) is 0.424. The fraction of sp³-hybridized carbons (Fsp3) is 0.588. The Labute approximate surface area is 160 Å². The fourth-order valence-corrected chi connectivity index (χ4v) is 3.27. The first-order valence-electron chi connectivity index (χ1n) is 8.56. The van der Waals surface area contributed by atoms with Gasteiger partial charge in [-0.3, -0.25) is 4.99 Å². The molecule has 0 fully saturated rings. The van der Waals surface area contributed by atoms with Gasteiger partial charge in [0.15, 0.2) is 5.96 Å². The van der Waals surface area contributed by atoms with Gasteiger partial charge in [0.1, 0.15) is 5.82 Å². The predicted octanol–water partition coefficient (Wildman–Crippen LogP) is 2.25. The predicted molar refractivity (Wildman–Crippen MR) is 106 cm³/mol. The minimum absolute atomic E-state index is 0.0494. The summed E-state index contributed by atoms with van der Waals surface area (Å²) in [6, 6.07) is 4.36. The molecule has 3 N–H and O–H groups in total. The lowest BCUT2D eigenvalue weighted by atomic mass is 9.84. The second kappa shape index (κ2) is 10.1. The molecule has 0 saturated carbocycles. The van der Waals surface area contributed by atoms with Gasteiger partial charge < -0.3 is 10.6 Å². The summed E-state index contributed by atoms with van der Waals surface area (Å²) in [5, 5.41) is 6.57. The van der Waals surface area contributed by atoms with Gasteiger partial charge in [-0.15, -0.1) is 0 Å². The molecule has 1 aromatic rings. The molecule has 6 nitrogen and oxygen atoms in total. The average molecular weight is 407 g/mol. The lowest BCUT2D eigenvalue weighted by Crippen LogP contribution is -2.42. The Hall–Kier alpha value is -1.38. The number of hydrogen-bond acceptors (Lipinski definition) is 3. The maximum atomic E-state index is 13.3. The van der Waals surface area contributed by atoms with Gasteiger partial charge in [-0.2, -0.15) is 0 Å². The molecule has 0 atom stereocenters. The van der Waals surface area contributed by atoms with Crippen LogP contribution in [0.1, 0.15) is 33.3 Å². The number of aliphatic imine (C=N–C) groups is 1. The number of benzene rings is 1. The molecule has 0 unspecified atom stereocenters. The van der Waals surface area contributed by atoms with Crippen LogP contribution in [0.3, 0.4) is 0 Å². The van der Waals surface area contributed by atoms with Crippen molar-refractivity contribution in [1.82, 2.24) is 15.4 Å². The molecule has 0 amide bonds. The van der Waals surface area contributed by atoms with Crippen LogP contribution in [0.4, 0.5) is 4.39 Å². The van der Waals surface area contributed by atoms with E-state index in [9.17, 15) is 12.8 Å². The highest BCUT2D eigenvalue weighted by atomic mass is 35.5. The Balaban J connectivity index is 2.72. The molecule has 0 bridgehead atoms. The normalized spacial score (nSPS) is 12.9. The van der Waals surface area contributed by atoms with E-state index in [4.69, 9.17) is 11.6 Å². The molecular weight excluding hydrogens is 379 g/mol. The Morgan fingerprint density at radius 3 is 2.50 bits per heavy atom. The van der Waals surface area contributed by atoms with Crippen LogP contribution in [-0.4, -0.2) is 46.3 Å². The van der Waals surface area contributed by atoms with Crippen LogP contribution in [0.25, 0.3) is 0 Å². The standard InChI is InChI=1S/C17H28ClFN4O2S/c1-5-20-16(21-9-10-23-26(24,25)6-2)22-12-17(3,4)14-8-7-13(19)11-15(14)18/h7-8,11,23H,5-6,9-10,12H2,1-4H3,(H2,20,21,22). The minimum atomic E-state index is -3.21. The Bertz CT molecular complexity index is 723. The Kier molecular flexibility index (Phi) is 8.79. The molecule has 0 radical (unpaired) electrons. The van der Waals surface area contributed by atoms with E-state index in [2.05, 4.69) is 20.3 Å². The third-order valence-corrected chi connectivity index (χ3v) is 5.47. The third-order valence-electron chi connectivity index (χ3n) is 3.76. The van der Waals surface area contributed by atoms with Crippen molar-refractivity contribution in [3.63, 3.8) is 0 Å². The topological polar surface area (TPSA) is 82.6 Å². The number of sulfonamides is 1. The van der Waals surface area contributed by atoms with E-state index >= 15 is 0 Å². The van der Waals surface area contributed by atoms with Crippen molar-refractivity contribution in [3.8, 4) is 0 Å². The maximum absolute atomic E-state index is 13.3. The average Bonchev–Trinajstić information content (AvgIpc) is 2.56. The molecule has 148 valence electrons. The highest BCUT2D eigenvalue weighted by Crippen LogP contribution is 2.30. The van der Waals surface area contributed by atoms with E-state index in [0.717, 1.165) is 5.56 Å². The molecule has 0 aromatic heterocycles. The van der Waals surface area contributed by atoms with Crippen LogP contribution in [0.2, 0.25) is 5.02 Å². The van der Waals surface area contributed by atoms with Crippen molar-refractivity contribution in [2.24, 2.45) is 4.99 Å². The number of guanidine groups is 1. The summed E-state index contributed by atoms with van der Waals surface area (Å²) in [4.78, 5) is 4.54. The fourth-order valence-electron chi connectivity index (χ4n) is 2.23. The zero-order valence-electron chi connectivity index (χ0n) is 15.7. The van der Waals surface area contributed by atoms with E-state index in [1.165, 1.54) is 12.1 Å². The second-order valence-electron chi connectivity index (χ2n) is 6.43. The summed E-state index contributed by atoms with van der Waals surface area (Å²) in [7, 11) is -3.21. The minimum Gasteiger partial charge on any atom is -0.357 e. The molecule has 0 heterocycles. The number of nitrogens with one attached hydrogen (secondary N) is 3. The summed E-state index contributed by atoms with van der Waals surface area (Å²) in [6.07, 6.45) is 0. The van der Waals surface area contributed by atoms with Crippen LogP contribution in [0, 0.1) is 5.82 Å². The molecule has 0 spiro atoms. The second-order valence-corrected chi connectivity index (χ2v) is 8.93. The van der Waals surface area contributed by atoms with Gasteiger partial charge in [0.25, 0.3) is 0 Å². The smallest absolute Gasteiger partial charge is 0.211 e. The molecule has 0 aliphatic rings. The molecule has 1 aromatic carbocycles. The highest BCUT2D eigenvalue weighted by Gasteiger charge is 2.23. The van der Waals surface area contributed by atoms with E-state index in [1.54, 1.807) is 13.0 Å². The summed E-state index contributed by atoms with van der Waals surface area (Å²) in [5.74, 6) is 0.255. The summed E-state index contributed by atoms with van der Waals surface area (Å²) < 4.78 is 38.6. The first-order chi connectivity index (χ1) is 12.1. The van der Waals surface area contributed by atoms with Crippen molar-refractivity contribution < 1.29 is 12.8 Å². The van der Waals surface area contributed by atoms with E-state index in [1.807, 2.05) is 20.8 Å². The van der Waals surface area contributed by atoms with Gasteiger partial charge in [0, 0.05) is 30.1 Å². The van der Waals surface area contributed by atoms with Gasteiger partial charge in [0.05, 0.1) is 12.3 Å². The van der Waals surface area contributed by atoms with Gasteiger partial charge in [0.2, 0.25) is 10.0 Å². The number of nitrogens with zero attached hydrogens (tertiary/aromatic N) is 1. The molecule has 0 saturated heterocycles. The van der Waals surface area contributed by atoms with Crippen molar-refractivity contribution in [2.45, 2.75) is 33.1 Å². The van der Waals surface area contributed by atoms with Crippen LogP contribution >= 0.6 is 11.6 Å². The highest BCUT2D eigenvalue weighted by molar-refractivity contribution is 7.89. The number of hydrogen-bond donors (Lipinski definition) is 3. The van der Waals surface area contributed by atoms with Crippen LogP contribution in [-0.2, 0) is 15.4 Å². The lowest BCUT2D eigenvalue weighted by molar-refractivity contribution is 0.534. The third kappa shape index (κ3) is 7.47. The molecule has 26 heavy (non-hydrogen) atoms. The summed E-state index contributed by atoms with van der Waals surface area (Å²) >= 11 is 6.16. The van der Waals surface area contributed by atoms with Crippen molar-refractivity contribution in [1.29, 1.82) is 0 Å². The van der Waals surface area contributed by atoms with Crippen LogP contribution in [0.15, 0.2) is 23.2 Å². The van der Waals surface area contributed by atoms with E-state index in [0.29, 0.717) is 30.6 Å². The van der Waals surface area contributed by atoms with Gasteiger partial charge in [-0.25, -0.2) is 17.5 Å². The lowest BCUT2D eigenvalue weighted by Gasteiger charge is -2.25. The number of rotatable bonds is 9. The first-order valence-corrected chi connectivity index (χ1v) is 10.6. The monoisotopic (exact) mass is 406 g/mol. The summed E-state index contributed by atoms with van der Waals surface area (Å²) in [6.45, 7) is 9.27. The van der Waals surface area contributed by atoms with Crippen LogP contribution < -0.4 is 15.4 Å². The van der Waals surface area contributed by atoms with Gasteiger partial charge in [-0.05, 0) is 31.5 Å². The number of halogens is 2. The van der Waals surface area contributed by atoms with E-state index in [-0.39, 0.29) is 18.1 Å². The first kappa shape index (κ1) is 22.7. The van der Waals surface area contributed by atoms with Crippen molar-refractivity contribution in [3.05, 3.63) is 34.6 Å². The molecule has 9 heteroatoms. The zero-order chi connectivity index (χ0) is 19.8. The largest absolute Gasteiger partial charge is 0.357 e. The molecule has 0 aliphatic carbocycles. The SMILES string of the molecule is CCNC(=NCC(C)(C)c1ccc(F)cc1Cl)NCCNS(=O)(=O)CC. The van der Waals surface area contributed by atoms with Gasteiger partial charge >= 0.3 is 0 Å². The quantitative estimate of drug-likeness (QED) is 0.333. The Morgan fingerprint density at radius 2 is 1.92 bits per heavy atom. The molecular formula is C17H28ClFN4O2S. The Morgan fingerprint density at radius 1 is 1.23 bits per heavy atom. The molecule has 1 rings (SSSR count). The maximum Gasteiger partial charge on any atom is 0.211 e. The van der Waals surface area contributed by atoms with E-state index < -0.39 is 15.4 Å². The zero-order valence-corrected chi connectivity index (χ0v) is 17.3. The van der Waals surface area contributed by atoms with Crippen molar-refractivity contribution >= 4 is 27.6 Å².